The molecule has 1 unspecified atom stereocenters. The molecule has 3 fully saturated rings. The highest BCUT2D eigenvalue weighted by Crippen LogP contribution is 2.53. The van der Waals surface area contributed by atoms with Gasteiger partial charge < -0.3 is 9.64 Å². The number of urea groups is 1. The van der Waals surface area contributed by atoms with E-state index in [1.54, 1.807) is 27.9 Å². The summed E-state index contributed by atoms with van der Waals surface area (Å²) in [5.41, 5.74) is 0.260. The molecule has 0 N–H and O–H groups in total. The second-order valence-corrected chi connectivity index (χ2v) is 8.06. The Bertz CT molecular complexity index is 873. The highest BCUT2D eigenvalue weighted by molar-refractivity contribution is 5.96. The smallest absolute Gasteiger partial charge is 0.327 e. The number of rotatable bonds is 4. The van der Waals surface area contributed by atoms with Crippen molar-refractivity contribution in [3.8, 4) is 0 Å². The van der Waals surface area contributed by atoms with E-state index in [0.29, 0.717) is 37.0 Å². The maximum Gasteiger partial charge on any atom is 0.327 e. The number of carbonyl (C=O) groups is 2. The minimum atomic E-state index is -0.225. The van der Waals surface area contributed by atoms with Crippen LogP contribution in [0.25, 0.3) is 5.78 Å². The van der Waals surface area contributed by atoms with Crippen LogP contribution in [0.15, 0.2) is 18.5 Å². The van der Waals surface area contributed by atoms with E-state index in [2.05, 4.69) is 15.1 Å². The van der Waals surface area contributed by atoms with Crippen molar-refractivity contribution < 1.29 is 14.3 Å². The molecule has 2 aliphatic heterocycles. The van der Waals surface area contributed by atoms with Gasteiger partial charge in [0.25, 0.3) is 5.78 Å². The summed E-state index contributed by atoms with van der Waals surface area (Å²) in [5.74, 6) is 1.36. The van der Waals surface area contributed by atoms with Crippen LogP contribution < -0.4 is 0 Å². The first-order valence-corrected chi connectivity index (χ1v) is 9.98. The third kappa shape index (κ3) is 2.94. The number of hydrogen-bond donors (Lipinski definition) is 0. The van der Waals surface area contributed by atoms with Gasteiger partial charge in [0, 0.05) is 45.1 Å². The zero-order valence-electron chi connectivity index (χ0n) is 15.8. The van der Waals surface area contributed by atoms with E-state index in [4.69, 9.17) is 4.74 Å². The number of ether oxygens (including phenoxy) is 1. The van der Waals surface area contributed by atoms with E-state index in [0.717, 1.165) is 32.5 Å². The Kier molecular flexibility index (Phi) is 4.26. The lowest BCUT2D eigenvalue weighted by molar-refractivity contribution is -0.135. The van der Waals surface area contributed by atoms with Gasteiger partial charge in [-0.05, 0) is 43.1 Å². The molecular weight excluding hydrogens is 360 g/mol. The lowest BCUT2D eigenvalue weighted by atomic mass is 9.56. The van der Waals surface area contributed by atoms with Crippen LogP contribution in [0.5, 0.6) is 0 Å². The molecule has 0 bridgehead atoms. The first-order valence-electron chi connectivity index (χ1n) is 9.98. The Hall–Kier alpha value is -2.55. The van der Waals surface area contributed by atoms with E-state index in [1.165, 1.54) is 11.3 Å². The van der Waals surface area contributed by atoms with E-state index >= 15 is 0 Å². The van der Waals surface area contributed by atoms with Crippen molar-refractivity contribution in [2.75, 3.05) is 26.3 Å². The number of hydrogen-bond acceptors (Lipinski definition) is 6. The molecule has 148 valence electrons. The molecule has 1 aliphatic carbocycles. The number of amides is 3. The van der Waals surface area contributed by atoms with Gasteiger partial charge >= 0.3 is 6.03 Å². The third-order valence-corrected chi connectivity index (χ3v) is 6.64. The number of imide groups is 1. The minimum Gasteiger partial charge on any atom is -0.381 e. The van der Waals surface area contributed by atoms with Gasteiger partial charge in [-0.15, -0.1) is 5.10 Å². The number of aromatic nitrogens is 4. The average molecular weight is 384 g/mol. The standard InChI is InChI=1S/C19H24N6O3/c26-16-3-9-23(13-15-21-17-20-7-1-8-25(17)22-15)18(27)24(16)12-14-2-4-19(14)5-10-28-11-6-19/h1,7-8,14H,2-6,9-13H2. The Morgan fingerprint density at radius 2 is 2.07 bits per heavy atom. The Labute approximate surface area is 162 Å². The summed E-state index contributed by atoms with van der Waals surface area (Å²) in [6.07, 6.45) is 8.11. The molecule has 0 radical (unpaired) electrons. The normalized spacial score (nSPS) is 24.8. The molecule has 1 spiro atoms. The number of fused-ring (bicyclic) bond motifs is 1. The molecule has 1 saturated carbocycles. The molecule has 9 nitrogen and oxygen atoms in total. The fourth-order valence-corrected chi connectivity index (χ4v) is 4.78. The molecule has 4 heterocycles. The van der Waals surface area contributed by atoms with Crippen LogP contribution in [0.2, 0.25) is 0 Å². The fraction of sp³-hybridized carbons (Fsp3) is 0.632. The predicted octanol–water partition coefficient (Wildman–Crippen LogP) is 1.49. The zero-order chi connectivity index (χ0) is 19.1. The number of carbonyl (C=O) groups excluding carboxylic acids is 2. The van der Waals surface area contributed by atoms with Crippen molar-refractivity contribution in [1.82, 2.24) is 29.4 Å². The molecule has 2 aromatic rings. The minimum absolute atomic E-state index is 0.0695. The summed E-state index contributed by atoms with van der Waals surface area (Å²) in [4.78, 5) is 37.2. The largest absolute Gasteiger partial charge is 0.381 e. The zero-order valence-corrected chi connectivity index (χ0v) is 15.8. The van der Waals surface area contributed by atoms with E-state index in [-0.39, 0.29) is 23.9 Å². The monoisotopic (exact) mass is 384 g/mol. The second kappa shape index (κ2) is 6.80. The third-order valence-electron chi connectivity index (χ3n) is 6.64. The molecule has 9 heteroatoms. The number of nitrogens with zero attached hydrogens (tertiary/aromatic N) is 6. The van der Waals surface area contributed by atoms with Gasteiger partial charge in [-0.3, -0.25) is 9.69 Å². The highest BCUT2D eigenvalue weighted by atomic mass is 16.5. The molecule has 3 amide bonds. The fourth-order valence-electron chi connectivity index (χ4n) is 4.78. The summed E-state index contributed by atoms with van der Waals surface area (Å²) in [6, 6.07) is 1.56. The summed E-state index contributed by atoms with van der Waals surface area (Å²) in [6.45, 7) is 2.79. The van der Waals surface area contributed by atoms with Crippen LogP contribution in [0.1, 0.15) is 37.9 Å². The van der Waals surface area contributed by atoms with Gasteiger partial charge in [-0.2, -0.15) is 4.98 Å². The topological polar surface area (TPSA) is 92.9 Å². The molecule has 2 aromatic heterocycles. The lowest BCUT2D eigenvalue weighted by Gasteiger charge is -2.53. The van der Waals surface area contributed by atoms with Crippen LogP contribution in [0.3, 0.4) is 0 Å². The maximum absolute atomic E-state index is 13.0. The van der Waals surface area contributed by atoms with E-state index in [1.807, 2.05) is 0 Å². The second-order valence-electron chi connectivity index (χ2n) is 8.06. The van der Waals surface area contributed by atoms with Crippen LogP contribution in [-0.2, 0) is 16.1 Å². The summed E-state index contributed by atoms with van der Waals surface area (Å²) in [5, 5.41) is 4.37. The van der Waals surface area contributed by atoms with E-state index in [9.17, 15) is 9.59 Å². The molecular formula is C19H24N6O3. The SMILES string of the molecule is O=C1CCN(Cc2nc3ncccn3n2)C(=O)N1CC1CCC12CCOCC2. The summed E-state index contributed by atoms with van der Waals surface area (Å²) in [7, 11) is 0. The molecule has 1 atom stereocenters. The predicted molar refractivity (Wildman–Crippen MR) is 98.1 cm³/mol. The van der Waals surface area contributed by atoms with Gasteiger partial charge in [0.1, 0.15) is 0 Å². The van der Waals surface area contributed by atoms with Crippen molar-refractivity contribution in [2.45, 2.75) is 38.6 Å². The summed E-state index contributed by atoms with van der Waals surface area (Å²) < 4.78 is 7.11. The molecule has 3 aliphatic rings. The maximum atomic E-state index is 13.0. The van der Waals surface area contributed by atoms with E-state index < -0.39 is 0 Å². The van der Waals surface area contributed by atoms with Gasteiger partial charge in [0.05, 0.1) is 6.54 Å². The first kappa shape index (κ1) is 17.5. The van der Waals surface area contributed by atoms with Gasteiger partial charge in [-0.25, -0.2) is 14.3 Å². The van der Waals surface area contributed by atoms with Gasteiger partial charge in [-0.1, -0.05) is 0 Å². The molecule has 28 heavy (non-hydrogen) atoms. The van der Waals surface area contributed by atoms with Crippen molar-refractivity contribution >= 4 is 17.7 Å². The first-order chi connectivity index (χ1) is 13.6. The Balaban J connectivity index is 1.29. The van der Waals surface area contributed by atoms with Crippen molar-refractivity contribution in [2.24, 2.45) is 11.3 Å². The van der Waals surface area contributed by atoms with Crippen LogP contribution in [-0.4, -0.2) is 67.6 Å². The lowest BCUT2D eigenvalue weighted by Crippen LogP contribution is -2.57. The summed E-state index contributed by atoms with van der Waals surface area (Å²) >= 11 is 0. The van der Waals surface area contributed by atoms with Crippen molar-refractivity contribution in [3.63, 3.8) is 0 Å². The van der Waals surface area contributed by atoms with Crippen molar-refractivity contribution in [1.29, 1.82) is 0 Å². The van der Waals surface area contributed by atoms with Crippen LogP contribution in [0, 0.1) is 11.3 Å². The molecule has 2 saturated heterocycles. The quantitative estimate of drug-likeness (QED) is 0.793. The van der Waals surface area contributed by atoms with Crippen LogP contribution >= 0.6 is 0 Å². The van der Waals surface area contributed by atoms with Crippen molar-refractivity contribution in [3.05, 3.63) is 24.3 Å². The molecule has 0 aromatic carbocycles. The highest BCUT2D eigenvalue weighted by Gasteiger charge is 2.49. The van der Waals surface area contributed by atoms with Gasteiger partial charge in [0.15, 0.2) is 5.82 Å². The molecule has 5 rings (SSSR count). The van der Waals surface area contributed by atoms with Crippen LogP contribution in [0.4, 0.5) is 4.79 Å². The average Bonchev–Trinajstić information content (AvgIpc) is 3.12. The Morgan fingerprint density at radius 3 is 2.82 bits per heavy atom. The Morgan fingerprint density at radius 1 is 1.21 bits per heavy atom. The van der Waals surface area contributed by atoms with Gasteiger partial charge in [0.2, 0.25) is 5.91 Å².